The first-order valence-electron chi connectivity index (χ1n) is 8.04. The zero-order chi connectivity index (χ0) is 20.8. The van der Waals surface area contributed by atoms with Crippen molar-refractivity contribution in [2.45, 2.75) is 13.1 Å². The molecule has 12 heteroatoms. The van der Waals surface area contributed by atoms with Crippen LogP contribution in [0.4, 0.5) is 0 Å². The van der Waals surface area contributed by atoms with Gasteiger partial charge in [-0.25, -0.2) is 0 Å². The molecule has 146 valence electrons. The van der Waals surface area contributed by atoms with Gasteiger partial charge in [0.1, 0.15) is 0 Å². The van der Waals surface area contributed by atoms with E-state index in [-0.39, 0.29) is 102 Å². The molecule has 2 aromatic carbocycles. The molecule has 1 amide bonds. The van der Waals surface area contributed by atoms with Crippen molar-refractivity contribution in [1.82, 2.24) is 4.90 Å². The summed E-state index contributed by atoms with van der Waals surface area (Å²) in [6.45, 7) is -0.310. The third-order valence-corrected chi connectivity index (χ3v) is 3.93. The molecule has 0 saturated carbocycles. The minimum absolute atomic E-state index is 0. The minimum atomic E-state index is -1.69. The summed E-state index contributed by atoms with van der Waals surface area (Å²) in [5.41, 5.74) is 5.42. The van der Waals surface area contributed by atoms with Gasteiger partial charge in [0, 0.05) is 36.3 Å². The van der Waals surface area contributed by atoms with Crippen molar-refractivity contribution in [3.63, 3.8) is 0 Å². The Morgan fingerprint density at radius 3 is 1.68 bits per heavy atom. The first-order chi connectivity index (χ1) is 13.2. The number of hydrogen-bond acceptors (Lipinski definition) is 8. The Labute approximate surface area is 244 Å². The fourth-order valence-electron chi connectivity index (χ4n) is 2.68. The number of rotatable bonds is 9. The van der Waals surface area contributed by atoms with Crippen LogP contribution in [0, 0.1) is 0 Å². The largest absolute Gasteiger partial charge is 1.00 e. The zero-order valence-corrected chi connectivity index (χ0v) is 23.5. The molecule has 2 N–H and O–H groups in total. The van der Waals surface area contributed by atoms with Gasteiger partial charge in [-0.05, 0) is 29.3 Å². The number of nitrogens with zero attached hydrogens (tertiary/aromatic N) is 1. The quantitative estimate of drug-likeness (QED) is 0.366. The van der Waals surface area contributed by atoms with Crippen LogP contribution in [-0.4, -0.2) is 35.3 Å². The van der Waals surface area contributed by atoms with Crippen molar-refractivity contribution in [3.05, 3.63) is 70.3 Å². The van der Waals surface area contributed by atoms with Crippen molar-refractivity contribution >= 4 is 23.8 Å². The standard InChI is InChI=1S/C19H18N2O7.3Na/c20-17(24)13-4-1-11(2-5-13)8-21(10-16(22)23)9-12-3-6-14(18(25)26)15(7-12)19(27)28;;;/h1-7H,8-10H2,(H2,20,24)(H,22,23)(H,25,26)(H,27,28);;;/q;3*+1/p-3. The number of carbonyl (C=O) groups excluding carboxylic acids is 4. The van der Waals surface area contributed by atoms with Crippen LogP contribution < -0.4 is 110 Å². The molecule has 0 bridgehead atoms. The third kappa shape index (κ3) is 10.2. The van der Waals surface area contributed by atoms with Crippen molar-refractivity contribution in [3.8, 4) is 0 Å². The predicted octanol–water partition coefficient (Wildman–Crippen LogP) is -11.7. The van der Waals surface area contributed by atoms with Crippen LogP contribution in [0.15, 0.2) is 42.5 Å². The van der Waals surface area contributed by atoms with Gasteiger partial charge in [0.25, 0.3) is 0 Å². The maximum Gasteiger partial charge on any atom is 1.00 e. The Bertz CT molecular complexity index is 937. The molecule has 0 heterocycles. The SMILES string of the molecule is NC(=O)c1ccc(CN(CC(=O)[O-])Cc2ccc(C(=O)[O-])c(C(=O)[O-])c2)cc1.[Na+].[Na+].[Na+]. The first-order valence-corrected chi connectivity index (χ1v) is 8.04. The molecule has 0 atom stereocenters. The van der Waals surface area contributed by atoms with E-state index in [1.54, 1.807) is 12.1 Å². The molecule has 0 spiro atoms. The molecule has 0 aliphatic rings. The summed E-state index contributed by atoms with van der Waals surface area (Å²) in [5.74, 6) is -5.29. The van der Waals surface area contributed by atoms with Crippen molar-refractivity contribution < 1.29 is 123 Å². The maximum atomic E-state index is 11.2. The van der Waals surface area contributed by atoms with E-state index in [0.717, 1.165) is 12.1 Å². The molecule has 0 radical (unpaired) electrons. The van der Waals surface area contributed by atoms with Crippen LogP contribution in [-0.2, 0) is 17.9 Å². The predicted molar refractivity (Wildman–Crippen MR) is 89.2 cm³/mol. The number of benzene rings is 2. The van der Waals surface area contributed by atoms with Crippen molar-refractivity contribution in [2.24, 2.45) is 5.73 Å². The van der Waals surface area contributed by atoms with E-state index in [1.807, 2.05) is 0 Å². The van der Waals surface area contributed by atoms with Crippen LogP contribution in [0.25, 0.3) is 0 Å². The minimum Gasteiger partial charge on any atom is -0.549 e. The van der Waals surface area contributed by atoms with Crippen molar-refractivity contribution in [2.75, 3.05) is 6.54 Å². The smallest absolute Gasteiger partial charge is 0.549 e. The molecule has 31 heavy (non-hydrogen) atoms. The second-order valence-electron chi connectivity index (χ2n) is 6.03. The molecule has 0 unspecified atom stereocenters. The van der Waals surface area contributed by atoms with Gasteiger partial charge in [-0.15, -0.1) is 0 Å². The molecule has 0 aliphatic carbocycles. The van der Waals surface area contributed by atoms with E-state index < -0.39 is 41.5 Å². The van der Waals surface area contributed by atoms with Crippen LogP contribution in [0.3, 0.4) is 0 Å². The summed E-state index contributed by atoms with van der Waals surface area (Å²) >= 11 is 0. The summed E-state index contributed by atoms with van der Waals surface area (Å²) in [7, 11) is 0. The number of hydrogen-bond donors (Lipinski definition) is 1. The number of aliphatic carboxylic acids is 1. The number of carboxylic acid groups (broad SMARTS) is 3. The van der Waals surface area contributed by atoms with E-state index in [4.69, 9.17) is 5.73 Å². The molecule has 0 fully saturated rings. The van der Waals surface area contributed by atoms with Gasteiger partial charge in [0.15, 0.2) is 0 Å². The Kier molecular flexibility index (Phi) is 15.9. The molecular weight excluding hydrogens is 437 g/mol. The monoisotopic (exact) mass is 452 g/mol. The number of primary amides is 1. The van der Waals surface area contributed by atoms with Crippen LogP contribution in [0.1, 0.15) is 42.2 Å². The van der Waals surface area contributed by atoms with Gasteiger partial charge in [0.2, 0.25) is 5.91 Å². The Balaban J connectivity index is 0. The summed E-state index contributed by atoms with van der Waals surface area (Å²) in [6, 6.07) is 9.72. The normalized spacial score (nSPS) is 9.58. The third-order valence-electron chi connectivity index (χ3n) is 3.93. The molecule has 2 aromatic rings. The fourth-order valence-corrected chi connectivity index (χ4v) is 2.68. The number of amides is 1. The van der Waals surface area contributed by atoms with E-state index in [0.29, 0.717) is 16.7 Å². The van der Waals surface area contributed by atoms with E-state index in [1.165, 1.54) is 23.1 Å². The molecule has 0 aliphatic heterocycles. The number of carboxylic acids is 3. The zero-order valence-electron chi connectivity index (χ0n) is 17.5. The van der Waals surface area contributed by atoms with Crippen LogP contribution in [0.5, 0.6) is 0 Å². The summed E-state index contributed by atoms with van der Waals surface area (Å²) in [4.78, 5) is 45.8. The first kappa shape index (κ1) is 32.5. The average molecular weight is 452 g/mol. The summed E-state index contributed by atoms with van der Waals surface area (Å²) in [5, 5.41) is 33.2. The Hall–Kier alpha value is -0.720. The Morgan fingerprint density at radius 2 is 1.23 bits per heavy atom. The van der Waals surface area contributed by atoms with Gasteiger partial charge in [0.05, 0.1) is 17.9 Å². The van der Waals surface area contributed by atoms with Gasteiger partial charge in [-0.2, -0.15) is 0 Å². The van der Waals surface area contributed by atoms with Gasteiger partial charge >= 0.3 is 88.7 Å². The molecule has 0 saturated heterocycles. The van der Waals surface area contributed by atoms with Gasteiger partial charge in [-0.1, -0.05) is 24.3 Å². The molecule has 0 aromatic heterocycles. The van der Waals surface area contributed by atoms with Crippen LogP contribution >= 0.6 is 0 Å². The number of aromatic carboxylic acids is 2. The molecule has 2 rings (SSSR count). The maximum absolute atomic E-state index is 11.2. The van der Waals surface area contributed by atoms with E-state index in [9.17, 15) is 34.5 Å². The topological polar surface area (TPSA) is 167 Å². The second kappa shape index (κ2) is 15.2. The van der Waals surface area contributed by atoms with Gasteiger partial charge < -0.3 is 35.4 Å². The van der Waals surface area contributed by atoms with Gasteiger partial charge in [-0.3, -0.25) is 9.69 Å². The van der Waals surface area contributed by atoms with E-state index >= 15 is 0 Å². The Morgan fingerprint density at radius 1 is 0.742 bits per heavy atom. The van der Waals surface area contributed by atoms with Crippen LogP contribution in [0.2, 0.25) is 0 Å². The second-order valence-corrected chi connectivity index (χ2v) is 6.03. The van der Waals surface area contributed by atoms with Crippen molar-refractivity contribution in [1.29, 1.82) is 0 Å². The number of nitrogens with two attached hydrogens (primary N) is 1. The molecule has 9 nitrogen and oxygen atoms in total. The average Bonchev–Trinajstić information content (AvgIpc) is 2.61. The fraction of sp³-hybridized carbons (Fsp3) is 0.158. The summed E-state index contributed by atoms with van der Waals surface area (Å²) < 4.78 is 0. The van der Waals surface area contributed by atoms with E-state index in [2.05, 4.69) is 0 Å². The number of carbonyl (C=O) groups is 4. The molecular formula is C19H15N2Na3O7. The summed E-state index contributed by atoms with van der Waals surface area (Å²) in [6.07, 6.45) is 0.